The van der Waals surface area contributed by atoms with Crippen molar-refractivity contribution in [1.29, 1.82) is 0 Å². The molecule has 0 heterocycles. The molecule has 0 aliphatic rings. The van der Waals surface area contributed by atoms with Crippen molar-refractivity contribution in [2.45, 2.75) is 12.8 Å². The number of aryl methyl sites for hydroxylation is 1. The van der Waals surface area contributed by atoms with E-state index in [1.807, 2.05) is 0 Å². The molecule has 17 heavy (non-hydrogen) atoms. The largest absolute Gasteiger partial charge is 0.493 e. The summed E-state index contributed by atoms with van der Waals surface area (Å²) in [6.07, 6.45) is 1.46. The molecule has 0 spiro atoms. The summed E-state index contributed by atoms with van der Waals surface area (Å²) < 4.78 is 28.9. The first-order valence-corrected chi connectivity index (χ1v) is 5.10. The molecule has 0 aliphatic carbocycles. The Bertz CT molecular complexity index is 404. The summed E-state index contributed by atoms with van der Waals surface area (Å²) in [4.78, 5) is 10.3. The highest BCUT2D eigenvalue weighted by Crippen LogP contribution is 2.39. The van der Waals surface area contributed by atoms with E-state index in [0.717, 1.165) is 6.29 Å². The van der Waals surface area contributed by atoms with Crippen LogP contribution in [0.5, 0.6) is 17.2 Å². The monoisotopic (exact) mass is 242 g/mol. The number of halogens is 1. The zero-order chi connectivity index (χ0) is 12.8. The normalized spacial score (nSPS) is 9.88. The average Bonchev–Trinajstić information content (AvgIpc) is 2.35. The fourth-order valence-corrected chi connectivity index (χ4v) is 1.60. The summed E-state index contributed by atoms with van der Waals surface area (Å²) in [5, 5.41) is 0. The fourth-order valence-electron chi connectivity index (χ4n) is 1.60. The van der Waals surface area contributed by atoms with Gasteiger partial charge in [-0.2, -0.15) is 4.39 Å². The molecule has 0 N–H and O–H groups in total. The first-order valence-electron chi connectivity index (χ1n) is 5.10. The number of hydrogen-bond acceptors (Lipinski definition) is 4. The predicted molar refractivity (Wildman–Crippen MR) is 60.4 cm³/mol. The molecule has 0 saturated heterocycles. The second-order valence-electron chi connectivity index (χ2n) is 3.32. The highest BCUT2D eigenvalue weighted by molar-refractivity contribution is 5.55. The lowest BCUT2D eigenvalue weighted by atomic mass is 10.1. The highest BCUT2D eigenvalue weighted by Gasteiger charge is 2.20. The van der Waals surface area contributed by atoms with Gasteiger partial charge in [-0.25, -0.2) is 0 Å². The van der Waals surface area contributed by atoms with Crippen LogP contribution < -0.4 is 14.2 Å². The zero-order valence-corrected chi connectivity index (χ0v) is 10.1. The van der Waals surface area contributed by atoms with Crippen LogP contribution in [-0.4, -0.2) is 27.6 Å². The Morgan fingerprint density at radius 2 is 1.82 bits per heavy atom. The second-order valence-corrected chi connectivity index (χ2v) is 3.32. The number of aldehydes is 1. The Morgan fingerprint density at radius 1 is 1.18 bits per heavy atom. The van der Waals surface area contributed by atoms with Crippen LogP contribution in [0.15, 0.2) is 6.07 Å². The molecule has 0 aliphatic heterocycles. The van der Waals surface area contributed by atoms with Crippen molar-refractivity contribution in [3.8, 4) is 17.2 Å². The van der Waals surface area contributed by atoms with Crippen molar-refractivity contribution in [3.63, 3.8) is 0 Å². The van der Waals surface area contributed by atoms with Gasteiger partial charge in [-0.3, -0.25) is 0 Å². The Morgan fingerprint density at radius 3 is 2.29 bits per heavy atom. The lowest BCUT2D eigenvalue weighted by Gasteiger charge is -2.14. The van der Waals surface area contributed by atoms with E-state index in [1.54, 1.807) is 6.07 Å². The molecule has 0 atom stereocenters. The molecule has 1 aromatic carbocycles. The maximum absolute atomic E-state index is 14.0. The fraction of sp³-hybridized carbons (Fsp3) is 0.417. The molecule has 0 unspecified atom stereocenters. The van der Waals surface area contributed by atoms with E-state index in [9.17, 15) is 9.18 Å². The summed E-state index contributed by atoms with van der Waals surface area (Å²) >= 11 is 0. The van der Waals surface area contributed by atoms with Crippen molar-refractivity contribution in [3.05, 3.63) is 17.4 Å². The van der Waals surface area contributed by atoms with Gasteiger partial charge in [0.15, 0.2) is 11.5 Å². The van der Waals surface area contributed by atoms with E-state index >= 15 is 0 Å². The van der Waals surface area contributed by atoms with Crippen LogP contribution in [0.4, 0.5) is 4.39 Å². The third-order valence-electron chi connectivity index (χ3n) is 2.38. The van der Waals surface area contributed by atoms with Gasteiger partial charge in [0.2, 0.25) is 11.6 Å². The Hall–Kier alpha value is -1.78. The van der Waals surface area contributed by atoms with E-state index in [2.05, 4.69) is 0 Å². The van der Waals surface area contributed by atoms with Crippen molar-refractivity contribution in [2.75, 3.05) is 21.3 Å². The quantitative estimate of drug-likeness (QED) is 0.715. The SMILES string of the molecule is COc1cc(CCC=O)c(OC)c(F)c1OC. The number of benzene rings is 1. The number of methoxy groups -OCH3 is 3. The molecule has 0 radical (unpaired) electrons. The van der Waals surface area contributed by atoms with Crippen molar-refractivity contribution >= 4 is 6.29 Å². The maximum Gasteiger partial charge on any atom is 0.210 e. The van der Waals surface area contributed by atoms with Gasteiger partial charge in [0.1, 0.15) is 6.29 Å². The summed E-state index contributed by atoms with van der Waals surface area (Å²) in [6, 6.07) is 1.62. The number of ether oxygens (including phenoxy) is 3. The van der Waals surface area contributed by atoms with Crippen molar-refractivity contribution in [2.24, 2.45) is 0 Å². The van der Waals surface area contributed by atoms with Gasteiger partial charge >= 0.3 is 0 Å². The number of carbonyl (C=O) groups is 1. The topological polar surface area (TPSA) is 44.8 Å². The molecule has 0 bridgehead atoms. The van der Waals surface area contributed by atoms with Crippen LogP contribution >= 0.6 is 0 Å². The molecule has 1 rings (SSSR count). The molecule has 0 amide bonds. The smallest absolute Gasteiger partial charge is 0.210 e. The van der Waals surface area contributed by atoms with Crippen LogP contribution in [0, 0.1) is 5.82 Å². The molecular weight excluding hydrogens is 227 g/mol. The maximum atomic E-state index is 14.0. The Kier molecular flexibility index (Phi) is 4.75. The van der Waals surface area contributed by atoms with Gasteiger partial charge in [-0.1, -0.05) is 0 Å². The third kappa shape index (κ3) is 2.67. The van der Waals surface area contributed by atoms with E-state index < -0.39 is 5.82 Å². The minimum Gasteiger partial charge on any atom is -0.493 e. The van der Waals surface area contributed by atoms with Crippen LogP contribution in [0.1, 0.15) is 12.0 Å². The third-order valence-corrected chi connectivity index (χ3v) is 2.38. The van der Waals surface area contributed by atoms with Crippen LogP contribution in [-0.2, 0) is 11.2 Å². The average molecular weight is 242 g/mol. The summed E-state index contributed by atoms with van der Waals surface area (Å²) in [5.41, 5.74) is 0.578. The summed E-state index contributed by atoms with van der Waals surface area (Å²) in [7, 11) is 4.15. The van der Waals surface area contributed by atoms with E-state index in [1.165, 1.54) is 21.3 Å². The molecule has 5 heteroatoms. The second kappa shape index (κ2) is 6.08. The Balaban J connectivity index is 3.28. The lowest BCUT2D eigenvalue weighted by Crippen LogP contribution is -2.01. The standard InChI is InChI=1S/C12H15FO4/c1-15-9-7-8(5-4-6-14)11(16-2)10(13)12(9)17-3/h6-7H,4-5H2,1-3H3. The van der Waals surface area contributed by atoms with Crippen LogP contribution in [0.2, 0.25) is 0 Å². The predicted octanol–water partition coefficient (Wildman–Crippen LogP) is 1.98. The minimum atomic E-state index is -0.616. The van der Waals surface area contributed by atoms with Crippen molar-refractivity contribution < 1.29 is 23.4 Å². The van der Waals surface area contributed by atoms with Gasteiger partial charge in [0, 0.05) is 12.0 Å². The zero-order valence-electron chi connectivity index (χ0n) is 10.1. The van der Waals surface area contributed by atoms with Crippen LogP contribution in [0.25, 0.3) is 0 Å². The summed E-state index contributed by atoms with van der Waals surface area (Å²) in [5.74, 6) is -0.245. The number of rotatable bonds is 6. The van der Waals surface area contributed by atoms with Crippen molar-refractivity contribution in [1.82, 2.24) is 0 Å². The van der Waals surface area contributed by atoms with Gasteiger partial charge in [-0.05, 0) is 12.5 Å². The Labute approximate surface area is 99.3 Å². The van der Waals surface area contributed by atoms with Crippen LogP contribution in [0.3, 0.4) is 0 Å². The molecule has 94 valence electrons. The van der Waals surface area contributed by atoms with E-state index in [4.69, 9.17) is 14.2 Å². The first-order chi connectivity index (χ1) is 8.19. The molecular formula is C12H15FO4. The number of carbonyl (C=O) groups excluding carboxylic acids is 1. The highest BCUT2D eigenvalue weighted by atomic mass is 19.1. The number of hydrogen-bond donors (Lipinski definition) is 0. The van der Waals surface area contributed by atoms with Gasteiger partial charge in [0.25, 0.3) is 0 Å². The van der Waals surface area contributed by atoms with Gasteiger partial charge in [0.05, 0.1) is 21.3 Å². The first kappa shape index (κ1) is 13.3. The molecule has 0 aromatic heterocycles. The van der Waals surface area contributed by atoms with E-state index in [0.29, 0.717) is 18.4 Å². The minimum absolute atomic E-state index is 0.000738. The lowest BCUT2D eigenvalue weighted by molar-refractivity contribution is -0.107. The summed E-state index contributed by atoms with van der Waals surface area (Å²) in [6.45, 7) is 0. The molecule has 0 saturated carbocycles. The van der Waals surface area contributed by atoms with Gasteiger partial charge < -0.3 is 19.0 Å². The molecule has 0 fully saturated rings. The molecule has 4 nitrogen and oxygen atoms in total. The van der Waals surface area contributed by atoms with Gasteiger partial charge in [-0.15, -0.1) is 0 Å². The molecule has 1 aromatic rings. The van der Waals surface area contributed by atoms with E-state index in [-0.39, 0.29) is 17.2 Å².